The molecular formula is C11H22N2OS. The number of aliphatic imine (C=N–C) groups is 1. The topological polar surface area (TPSA) is 33.6 Å². The van der Waals surface area contributed by atoms with E-state index in [4.69, 9.17) is 4.74 Å². The number of nitrogens with one attached hydrogen (secondary N) is 1. The van der Waals surface area contributed by atoms with E-state index in [2.05, 4.69) is 24.2 Å². The number of thioether (sulfide) groups is 1. The summed E-state index contributed by atoms with van der Waals surface area (Å²) in [4.78, 5) is 4.61. The van der Waals surface area contributed by atoms with Crippen LogP contribution in [-0.2, 0) is 4.74 Å². The molecule has 0 amide bonds. The fourth-order valence-corrected chi connectivity index (χ4v) is 2.90. The molecule has 0 aromatic rings. The van der Waals surface area contributed by atoms with Crippen LogP contribution in [0.2, 0.25) is 0 Å². The Morgan fingerprint density at radius 1 is 1.47 bits per heavy atom. The zero-order valence-electron chi connectivity index (χ0n) is 10.0. The second-order valence-electron chi connectivity index (χ2n) is 4.04. The van der Waals surface area contributed by atoms with Crippen molar-refractivity contribution in [2.45, 2.75) is 26.7 Å². The summed E-state index contributed by atoms with van der Waals surface area (Å²) < 4.78 is 4.99. The molecular weight excluding hydrogens is 208 g/mol. The van der Waals surface area contributed by atoms with Crippen LogP contribution >= 0.6 is 11.8 Å². The predicted molar refractivity (Wildman–Crippen MR) is 67.7 cm³/mol. The number of nitrogens with zero attached hydrogens (tertiary/aromatic N) is 1. The molecule has 0 aromatic heterocycles. The second kappa shape index (κ2) is 6.38. The van der Waals surface area contributed by atoms with Crippen LogP contribution in [0.3, 0.4) is 0 Å². The molecule has 88 valence electrons. The van der Waals surface area contributed by atoms with Crippen LogP contribution in [0.5, 0.6) is 0 Å². The van der Waals surface area contributed by atoms with Crippen molar-refractivity contribution in [2.24, 2.45) is 10.4 Å². The van der Waals surface area contributed by atoms with Gasteiger partial charge in [0.15, 0.2) is 5.17 Å². The third-order valence-electron chi connectivity index (χ3n) is 3.16. The molecule has 1 N–H and O–H groups in total. The van der Waals surface area contributed by atoms with Crippen molar-refractivity contribution in [1.82, 2.24) is 5.32 Å². The standard InChI is InChI=1S/C11H22N2OS/c1-4-11(5-2)8-13-10(15-9-11)12-6-7-14-3/h4-9H2,1-3H3,(H,12,13). The van der Waals surface area contributed by atoms with Crippen LogP contribution in [0.15, 0.2) is 4.99 Å². The highest BCUT2D eigenvalue weighted by Crippen LogP contribution is 2.34. The predicted octanol–water partition coefficient (Wildman–Crippen LogP) is 2.13. The summed E-state index contributed by atoms with van der Waals surface area (Å²) in [5, 5.41) is 4.38. The van der Waals surface area contributed by atoms with E-state index in [9.17, 15) is 0 Å². The van der Waals surface area contributed by atoms with Gasteiger partial charge in [0.05, 0.1) is 6.61 Å². The molecule has 15 heavy (non-hydrogen) atoms. The largest absolute Gasteiger partial charge is 0.383 e. The minimum absolute atomic E-state index is 0.442. The van der Waals surface area contributed by atoms with E-state index in [0.717, 1.165) is 24.9 Å². The molecule has 1 aliphatic rings. The van der Waals surface area contributed by atoms with Gasteiger partial charge in [-0.1, -0.05) is 25.6 Å². The van der Waals surface area contributed by atoms with Crippen molar-refractivity contribution in [3.05, 3.63) is 0 Å². The van der Waals surface area contributed by atoms with Crippen LogP contribution in [0, 0.1) is 5.41 Å². The Balaban J connectivity index is 2.37. The zero-order valence-corrected chi connectivity index (χ0v) is 10.8. The molecule has 0 radical (unpaired) electrons. The maximum atomic E-state index is 4.99. The highest BCUT2D eigenvalue weighted by atomic mass is 32.2. The molecule has 3 nitrogen and oxygen atoms in total. The normalized spacial score (nSPS) is 19.8. The lowest BCUT2D eigenvalue weighted by atomic mass is 9.84. The van der Waals surface area contributed by atoms with E-state index in [1.807, 2.05) is 11.8 Å². The highest BCUT2D eigenvalue weighted by molar-refractivity contribution is 8.13. The van der Waals surface area contributed by atoms with Crippen molar-refractivity contribution >= 4 is 16.9 Å². The second-order valence-corrected chi connectivity index (χ2v) is 5.00. The first-order valence-electron chi connectivity index (χ1n) is 5.66. The van der Waals surface area contributed by atoms with Gasteiger partial charge in [-0.25, -0.2) is 0 Å². The smallest absolute Gasteiger partial charge is 0.156 e. The Morgan fingerprint density at radius 2 is 2.20 bits per heavy atom. The Bertz CT molecular complexity index is 215. The van der Waals surface area contributed by atoms with E-state index in [0.29, 0.717) is 5.41 Å². The first-order valence-corrected chi connectivity index (χ1v) is 6.65. The Hall–Kier alpha value is -0.220. The van der Waals surface area contributed by atoms with Gasteiger partial charge in [0.25, 0.3) is 0 Å². The Morgan fingerprint density at radius 3 is 2.67 bits per heavy atom. The number of hydrogen-bond acceptors (Lipinski definition) is 4. The lowest BCUT2D eigenvalue weighted by molar-refractivity contribution is 0.204. The minimum Gasteiger partial charge on any atom is -0.383 e. The lowest BCUT2D eigenvalue weighted by Crippen LogP contribution is -2.35. The molecule has 1 aliphatic heterocycles. The quantitative estimate of drug-likeness (QED) is 0.735. The van der Waals surface area contributed by atoms with Gasteiger partial charge in [0.2, 0.25) is 0 Å². The molecule has 1 rings (SSSR count). The molecule has 0 saturated heterocycles. The van der Waals surface area contributed by atoms with Crippen molar-refractivity contribution in [1.29, 1.82) is 0 Å². The van der Waals surface area contributed by atoms with Gasteiger partial charge in [-0.3, -0.25) is 4.99 Å². The summed E-state index contributed by atoms with van der Waals surface area (Å²) in [7, 11) is 1.72. The average molecular weight is 230 g/mol. The maximum absolute atomic E-state index is 4.99. The van der Waals surface area contributed by atoms with Gasteiger partial charge in [-0.15, -0.1) is 0 Å². The lowest BCUT2D eigenvalue weighted by Gasteiger charge is -2.33. The molecule has 0 atom stereocenters. The summed E-state index contributed by atoms with van der Waals surface area (Å²) in [5.74, 6) is 1.19. The third kappa shape index (κ3) is 3.68. The molecule has 0 bridgehead atoms. The molecule has 0 spiro atoms. The Labute approximate surface area is 97.1 Å². The van der Waals surface area contributed by atoms with Gasteiger partial charge in [0.1, 0.15) is 0 Å². The van der Waals surface area contributed by atoms with Crippen LogP contribution in [0.25, 0.3) is 0 Å². The summed E-state index contributed by atoms with van der Waals surface area (Å²) in [6, 6.07) is 0. The zero-order chi connectivity index (χ0) is 11.1. The van der Waals surface area contributed by atoms with Crippen LogP contribution < -0.4 is 5.32 Å². The number of amidine groups is 1. The first-order chi connectivity index (χ1) is 7.26. The van der Waals surface area contributed by atoms with Gasteiger partial charge in [-0.2, -0.15) is 0 Å². The number of hydrogen-bond donors (Lipinski definition) is 1. The van der Waals surface area contributed by atoms with Crippen LogP contribution in [-0.4, -0.2) is 37.7 Å². The van der Waals surface area contributed by atoms with E-state index in [1.165, 1.54) is 18.6 Å². The summed E-state index contributed by atoms with van der Waals surface area (Å²) >= 11 is 1.85. The van der Waals surface area contributed by atoms with Crippen molar-refractivity contribution in [3.63, 3.8) is 0 Å². The molecule has 0 saturated carbocycles. The molecule has 0 fully saturated rings. The highest BCUT2D eigenvalue weighted by Gasteiger charge is 2.29. The molecule has 0 aliphatic carbocycles. The van der Waals surface area contributed by atoms with E-state index in [1.54, 1.807) is 7.11 Å². The Kier molecular flexibility index (Phi) is 5.47. The fourth-order valence-electron chi connectivity index (χ4n) is 1.60. The number of methoxy groups -OCH3 is 1. The monoisotopic (exact) mass is 230 g/mol. The number of rotatable bonds is 5. The third-order valence-corrected chi connectivity index (χ3v) is 4.46. The van der Waals surface area contributed by atoms with E-state index in [-0.39, 0.29) is 0 Å². The van der Waals surface area contributed by atoms with Gasteiger partial charge in [0, 0.05) is 26.0 Å². The van der Waals surface area contributed by atoms with E-state index >= 15 is 0 Å². The minimum atomic E-state index is 0.442. The van der Waals surface area contributed by atoms with E-state index < -0.39 is 0 Å². The van der Waals surface area contributed by atoms with Crippen LogP contribution in [0.1, 0.15) is 26.7 Å². The number of ether oxygens (including phenoxy) is 1. The fraction of sp³-hybridized carbons (Fsp3) is 0.909. The van der Waals surface area contributed by atoms with Crippen molar-refractivity contribution in [2.75, 3.05) is 32.6 Å². The van der Waals surface area contributed by atoms with Crippen molar-refractivity contribution in [3.8, 4) is 0 Å². The van der Waals surface area contributed by atoms with Gasteiger partial charge < -0.3 is 10.1 Å². The molecule has 1 heterocycles. The molecule has 4 heteroatoms. The van der Waals surface area contributed by atoms with Crippen LogP contribution in [0.4, 0.5) is 0 Å². The van der Waals surface area contributed by atoms with Gasteiger partial charge >= 0.3 is 0 Å². The summed E-state index contributed by atoms with van der Waals surface area (Å²) in [6.07, 6.45) is 2.46. The summed E-state index contributed by atoms with van der Waals surface area (Å²) in [5.41, 5.74) is 0.442. The maximum Gasteiger partial charge on any atom is 0.156 e. The summed E-state index contributed by atoms with van der Waals surface area (Å²) in [6.45, 7) is 7.11. The SMILES string of the molecule is CCC1(CC)CN=C(NCCOC)SC1. The molecule has 0 aromatic carbocycles. The molecule has 0 unspecified atom stereocenters. The van der Waals surface area contributed by atoms with Crippen molar-refractivity contribution < 1.29 is 4.74 Å². The average Bonchev–Trinajstić information content (AvgIpc) is 2.31. The van der Waals surface area contributed by atoms with Gasteiger partial charge in [-0.05, 0) is 18.3 Å². The first kappa shape index (κ1) is 12.8.